The van der Waals surface area contributed by atoms with Crippen molar-refractivity contribution in [2.75, 3.05) is 18.4 Å². The van der Waals surface area contributed by atoms with E-state index in [-0.39, 0.29) is 17.7 Å². The number of carbonyl (C=O) groups is 2. The number of hydrogen-bond acceptors (Lipinski definition) is 5. The van der Waals surface area contributed by atoms with Crippen molar-refractivity contribution in [1.82, 2.24) is 19.4 Å². The van der Waals surface area contributed by atoms with E-state index in [9.17, 15) is 9.59 Å². The first kappa shape index (κ1) is 17.4. The summed E-state index contributed by atoms with van der Waals surface area (Å²) in [7, 11) is 0. The fourth-order valence-electron chi connectivity index (χ4n) is 3.18. The number of rotatable bonds is 4. The van der Waals surface area contributed by atoms with Crippen LogP contribution >= 0.6 is 11.3 Å². The van der Waals surface area contributed by atoms with E-state index in [1.165, 1.54) is 11.3 Å². The molecule has 1 N–H and O–H groups in total. The molecule has 4 rings (SSSR count). The summed E-state index contributed by atoms with van der Waals surface area (Å²) < 4.78 is 1.79. The minimum absolute atomic E-state index is 0.00820. The Bertz CT molecular complexity index is 906. The summed E-state index contributed by atoms with van der Waals surface area (Å²) in [5.41, 5.74) is 0.644. The quantitative estimate of drug-likeness (QED) is 0.754. The monoisotopic (exact) mass is 381 g/mol. The molecule has 1 aliphatic heterocycles. The highest BCUT2D eigenvalue weighted by molar-refractivity contribution is 7.12. The normalized spacial score (nSPS) is 16.9. The van der Waals surface area contributed by atoms with Crippen LogP contribution in [0.4, 0.5) is 5.69 Å². The third-order valence-corrected chi connectivity index (χ3v) is 5.45. The summed E-state index contributed by atoms with van der Waals surface area (Å²) in [4.78, 5) is 36.0. The summed E-state index contributed by atoms with van der Waals surface area (Å²) in [5.74, 6) is 0.455. The molecule has 3 aromatic heterocycles. The van der Waals surface area contributed by atoms with Gasteiger partial charge < -0.3 is 10.2 Å². The highest BCUT2D eigenvalue weighted by atomic mass is 32.1. The van der Waals surface area contributed by atoms with E-state index in [0.717, 1.165) is 23.5 Å². The zero-order valence-corrected chi connectivity index (χ0v) is 15.4. The maximum atomic E-state index is 12.6. The van der Waals surface area contributed by atoms with Crippen molar-refractivity contribution in [1.29, 1.82) is 0 Å². The number of carbonyl (C=O) groups excluding carboxylic acids is 2. The van der Waals surface area contributed by atoms with Gasteiger partial charge in [0, 0.05) is 25.5 Å². The number of thiophene rings is 1. The topological polar surface area (TPSA) is 80.1 Å². The number of hydrogen-bond donors (Lipinski definition) is 1. The number of nitrogens with one attached hydrogen (secondary N) is 1. The zero-order chi connectivity index (χ0) is 18.6. The Hall–Kier alpha value is -3.00. The molecule has 0 aliphatic carbocycles. The fraction of sp³-hybridized carbons (Fsp3) is 0.263. The van der Waals surface area contributed by atoms with E-state index < -0.39 is 0 Å². The Kier molecular flexibility index (Phi) is 4.97. The third kappa shape index (κ3) is 3.90. The van der Waals surface area contributed by atoms with Gasteiger partial charge in [-0.1, -0.05) is 6.07 Å². The van der Waals surface area contributed by atoms with Crippen molar-refractivity contribution < 1.29 is 9.59 Å². The van der Waals surface area contributed by atoms with Gasteiger partial charge in [-0.05, 0) is 36.4 Å². The van der Waals surface area contributed by atoms with Crippen LogP contribution in [-0.4, -0.2) is 44.3 Å². The van der Waals surface area contributed by atoms with Crippen LogP contribution in [0, 0.1) is 5.92 Å². The smallest absolute Gasteiger partial charge is 0.263 e. The molecule has 8 heteroatoms. The van der Waals surface area contributed by atoms with Crippen molar-refractivity contribution in [3.63, 3.8) is 0 Å². The number of amides is 2. The molecular weight excluding hydrogens is 362 g/mol. The Morgan fingerprint density at radius 3 is 2.89 bits per heavy atom. The predicted molar refractivity (Wildman–Crippen MR) is 103 cm³/mol. The second-order valence-electron chi connectivity index (χ2n) is 6.43. The lowest BCUT2D eigenvalue weighted by molar-refractivity contribution is -0.121. The number of likely N-dealkylation sites (tertiary alicyclic amines) is 1. The number of anilines is 1. The molecule has 1 aliphatic rings. The first-order valence-corrected chi connectivity index (χ1v) is 9.67. The predicted octanol–water partition coefficient (Wildman–Crippen LogP) is 2.82. The van der Waals surface area contributed by atoms with Crippen molar-refractivity contribution in [2.24, 2.45) is 5.92 Å². The van der Waals surface area contributed by atoms with Crippen LogP contribution in [0.2, 0.25) is 0 Å². The summed E-state index contributed by atoms with van der Waals surface area (Å²) in [6.07, 6.45) is 8.39. The van der Waals surface area contributed by atoms with Crippen LogP contribution in [0.1, 0.15) is 22.5 Å². The van der Waals surface area contributed by atoms with Crippen LogP contribution < -0.4 is 5.32 Å². The van der Waals surface area contributed by atoms with Crippen LogP contribution in [0.5, 0.6) is 0 Å². The molecule has 1 fully saturated rings. The Balaban J connectivity index is 1.38. The highest BCUT2D eigenvalue weighted by Gasteiger charge is 2.29. The summed E-state index contributed by atoms with van der Waals surface area (Å²) in [5, 5.41) is 4.81. The molecule has 3 aromatic rings. The molecule has 0 spiro atoms. The zero-order valence-electron chi connectivity index (χ0n) is 14.6. The number of aromatic nitrogens is 3. The summed E-state index contributed by atoms with van der Waals surface area (Å²) >= 11 is 1.43. The van der Waals surface area contributed by atoms with Crippen LogP contribution in [0.25, 0.3) is 5.82 Å². The Morgan fingerprint density at radius 1 is 1.26 bits per heavy atom. The number of piperidine rings is 1. The van der Waals surface area contributed by atoms with Gasteiger partial charge in [-0.2, -0.15) is 0 Å². The van der Waals surface area contributed by atoms with Crippen LogP contribution in [-0.2, 0) is 4.79 Å². The van der Waals surface area contributed by atoms with Crippen molar-refractivity contribution >= 4 is 28.8 Å². The number of nitrogens with zero attached hydrogens (tertiary/aromatic N) is 4. The van der Waals surface area contributed by atoms with Gasteiger partial charge in [0.25, 0.3) is 5.91 Å². The number of imidazole rings is 1. The maximum Gasteiger partial charge on any atom is 0.263 e. The fourth-order valence-corrected chi connectivity index (χ4v) is 3.87. The van der Waals surface area contributed by atoms with E-state index in [1.807, 2.05) is 35.8 Å². The first-order chi connectivity index (χ1) is 13.2. The third-order valence-electron chi connectivity index (χ3n) is 4.60. The second kappa shape index (κ2) is 7.71. The van der Waals surface area contributed by atoms with Crippen molar-refractivity contribution in [3.8, 4) is 5.82 Å². The molecule has 0 saturated carbocycles. The van der Waals surface area contributed by atoms with Gasteiger partial charge in [0.2, 0.25) is 5.91 Å². The molecule has 0 radical (unpaired) electrons. The van der Waals surface area contributed by atoms with Gasteiger partial charge in [-0.15, -0.1) is 11.3 Å². The lowest BCUT2D eigenvalue weighted by Gasteiger charge is -2.31. The van der Waals surface area contributed by atoms with Crippen molar-refractivity contribution in [3.05, 3.63) is 59.4 Å². The molecule has 138 valence electrons. The molecule has 27 heavy (non-hydrogen) atoms. The molecule has 4 heterocycles. The van der Waals surface area contributed by atoms with E-state index >= 15 is 0 Å². The Morgan fingerprint density at radius 2 is 2.19 bits per heavy atom. The van der Waals surface area contributed by atoms with E-state index in [2.05, 4.69) is 15.3 Å². The molecule has 0 aromatic carbocycles. The minimum atomic E-state index is -0.212. The van der Waals surface area contributed by atoms with Gasteiger partial charge in [0.1, 0.15) is 12.1 Å². The molecule has 1 atom stereocenters. The average Bonchev–Trinajstić information content (AvgIpc) is 3.42. The Labute approximate surface area is 160 Å². The molecule has 2 amide bonds. The SMILES string of the molecule is O=C(Nc1ccc(-n2ccnc2)nc1)[C@@H]1CCCN(C(=O)c2cccs2)C1. The summed E-state index contributed by atoms with van der Waals surface area (Å²) in [6, 6.07) is 7.33. The second-order valence-corrected chi connectivity index (χ2v) is 7.38. The lowest BCUT2D eigenvalue weighted by atomic mass is 9.97. The van der Waals surface area contributed by atoms with Crippen LogP contribution in [0.15, 0.2) is 54.6 Å². The molecular formula is C19H19N5O2S. The van der Waals surface area contributed by atoms with Gasteiger partial charge in [0.05, 0.1) is 22.7 Å². The van der Waals surface area contributed by atoms with Crippen LogP contribution in [0.3, 0.4) is 0 Å². The molecule has 7 nitrogen and oxygen atoms in total. The standard InChI is InChI=1S/C19H19N5O2S/c25-18(22-15-5-6-17(21-11-15)24-9-7-20-13-24)14-3-1-8-23(12-14)19(26)16-4-2-10-27-16/h2,4-7,9-11,13-14H,1,3,8,12H2,(H,22,25)/t14-/m1/s1. The number of pyridine rings is 1. The van der Waals surface area contributed by atoms with Crippen molar-refractivity contribution in [2.45, 2.75) is 12.8 Å². The van der Waals surface area contributed by atoms with Gasteiger partial charge >= 0.3 is 0 Å². The molecule has 0 bridgehead atoms. The maximum absolute atomic E-state index is 12.6. The first-order valence-electron chi connectivity index (χ1n) is 8.79. The lowest BCUT2D eigenvalue weighted by Crippen LogP contribution is -2.43. The van der Waals surface area contributed by atoms with Gasteiger partial charge in [-0.25, -0.2) is 9.97 Å². The van der Waals surface area contributed by atoms with Gasteiger partial charge in [-0.3, -0.25) is 14.2 Å². The van der Waals surface area contributed by atoms with Gasteiger partial charge in [0.15, 0.2) is 0 Å². The average molecular weight is 381 g/mol. The van der Waals surface area contributed by atoms with E-state index in [4.69, 9.17) is 0 Å². The summed E-state index contributed by atoms with van der Waals surface area (Å²) in [6.45, 7) is 1.14. The molecule has 0 unspecified atom stereocenters. The van der Waals surface area contributed by atoms with E-state index in [1.54, 1.807) is 28.2 Å². The van der Waals surface area contributed by atoms with E-state index in [0.29, 0.717) is 18.8 Å². The highest BCUT2D eigenvalue weighted by Crippen LogP contribution is 2.22. The minimum Gasteiger partial charge on any atom is -0.337 e. The largest absolute Gasteiger partial charge is 0.337 e. The molecule has 1 saturated heterocycles.